The Morgan fingerprint density at radius 2 is 1.95 bits per heavy atom. The van der Waals surface area contributed by atoms with Crippen LogP contribution in [0.15, 0.2) is 30.5 Å². The zero-order valence-corrected chi connectivity index (χ0v) is 14.2. The van der Waals surface area contributed by atoms with Gasteiger partial charge in [-0.15, -0.1) is 0 Å². The molecule has 0 aliphatic carbocycles. The maximum Gasteiger partial charge on any atom is 0.0483 e. The fourth-order valence-electron chi connectivity index (χ4n) is 2.79. The lowest BCUT2D eigenvalue weighted by Gasteiger charge is -2.20. The SMILES string of the molecule is CCCC(C)Cn1ccc2ccc(CNC(C)(C)C)cc21. The van der Waals surface area contributed by atoms with Gasteiger partial charge in [0.25, 0.3) is 0 Å². The van der Waals surface area contributed by atoms with Crippen molar-refractivity contribution in [2.45, 2.75) is 66.1 Å². The Kier molecular flexibility index (Phi) is 5.10. The molecule has 1 N–H and O–H groups in total. The minimum absolute atomic E-state index is 0.159. The van der Waals surface area contributed by atoms with Crippen LogP contribution in [0.2, 0.25) is 0 Å². The van der Waals surface area contributed by atoms with E-state index in [0.29, 0.717) is 0 Å². The molecule has 1 aromatic carbocycles. The van der Waals surface area contributed by atoms with E-state index in [1.165, 1.54) is 29.3 Å². The molecule has 1 aromatic heterocycles. The molecule has 2 nitrogen and oxygen atoms in total. The summed E-state index contributed by atoms with van der Waals surface area (Å²) in [5.74, 6) is 0.738. The molecule has 0 saturated carbocycles. The van der Waals surface area contributed by atoms with Crippen molar-refractivity contribution < 1.29 is 0 Å². The van der Waals surface area contributed by atoms with Crippen molar-refractivity contribution in [3.05, 3.63) is 36.0 Å². The molecule has 0 aliphatic heterocycles. The number of nitrogens with zero attached hydrogens (tertiary/aromatic N) is 1. The van der Waals surface area contributed by atoms with Crippen LogP contribution in [0.5, 0.6) is 0 Å². The molecule has 116 valence electrons. The summed E-state index contributed by atoms with van der Waals surface area (Å²) >= 11 is 0. The monoisotopic (exact) mass is 286 g/mol. The summed E-state index contributed by atoms with van der Waals surface area (Å²) in [7, 11) is 0. The summed E-state index contributed by atoms with van der Waals surface area (Å²) in [5.41, 5.74) is 2.89. The Morgan fingerprint density at radius 1 is 1.19 bits per heavy atom. The van der Waals surface area contributed by atoms with Gasteiger partial charge in [-0.25, -0.2) is 0 Å². The Morgan fingerprint density at radius 3 is 2.62 bits per heavy atom. The number of hydrogen-bond donors (Lipinski definition) is 1. The van der Waals surface area contributed by atoms with Crippen LogP contribution >= 0.6 is 0 Å². The largest absolute Gasteiger partial charge is 0.347 e. The molecule has 1 atom stereocenters. The normalized spacial score (nSPS) is 13.8. The van der Waals surface area contributed by atoms with E-state index in [4.69, 9.17) is 0 Å². The topological polar surface area (TPSA) is 17.0 Å². The Bertz CT molecular complexity index is 575. The maximum absolute atomic E-state index is 3.57. The molecule has 21 heavy (non-hydrogen) atoms. The highest BCUT2D eigenvalue weighted by Gasteiger charge is 2.10. The highest BCUT2D eigenvalue weighted by molar-refractivity contribution is 5.80. The Balaban J connectivity index is 2.16. The lowest BCUT2D eigenvalue weighted by atomic mass is 10.1. The molecule has 0 saturated heterocycles. The molecule has 0 spiro atoms. The molecule has 2 heteroatoms. The summed E-state index contributed by atoms with van der Waals surface area (Å²) in [5, 5.41) is 4.91. The number of fused-ring (bicyclic) bond motifs is 1. The van der Waals surface area contributed by atoms with Crippen LogP contribution < -0.4 is 5.32 Å². The van der Waals surface area contributed by atoms with Crippen LogP contribution in [0.25, 0.3) is 10.9 Å². The molecule has 0 fully saturated rings. The molecule has 0 bridgehead atoms. The molecule has 0 radical (unpaired) electrons. The number of rotatable bonds is 6. The van der Waals surface area contributed by atoms with E-state index < -0.39 is 0 Å². The van der Waals surface area contributed by atoms with Gasteiger partial charge in [-0.1, -0.05) is 32.4 Å². The maximum atomic E-state index is 3.57. The first-order valence-corrected chi connectivity index (χ1v) is 8.22. The summed E-state index contributed by atoms with van der Waals surface area (Å²) in [4.78, 5) is 0. The lowest BCUT2D eigenvalue weighted by Crippen LogP contribution is -2.35. The average molecular weight is 286 g/mol. The van der Waals surface area contributed by atoms with Crippen LogP contribution in [0.1, 0.15) is 53.0 Å². The number of hydrogen-bond acceptors (Lipinski definition) is 1. The van der Waals surface area contributed by atoms with Gasteiger partial charge in [-0.05, 0) is 56.2 Å². The van der Waals surface area contributed by atoms with Crippen molar-refractivity contribution in [3.63, 3.8) is 0 Å². The second-order valence-corrected chi connectivity index (χ2v) is 7.36. The van der Waals surface area contributed by atoms with Crippen LogP contribution in [-0.2, 0) is 13.1 Å². The fraction of sp³-hybridized carbons (Fsp3) is 0.579. The molecule has 2 rings (SSSR count). The third kappa shape index (κ3) is 4.60. The van der Waals surface area contributed by atoms with Gasteiger partial charge >= 0.3 is 0 Å². The minimum Gasteiger partial charge on any atom is -0.347 e. The van der Waals surface area contributed by atoms with Crippen molar-refractivity contribution in [1.29, 1.82) is 0 Å². The first-order chi connectivity index (χ1) is 9.89. The third-order valence-corrected chi connectivity index (χ3v) is 3.95. The van der Waals surface area contributed by atoms with Crippen LogP contribution in [0, 0.1) is 5.92 Å². The first-order valence-electron chi connectivity index (χ1n) is 8.22. The molecule has 0 amide bonds. The summed E-state index contributed by atoms with van der Waals surface area (Å²) in [6, 6.07) is 9.05. The molecular formula is C19H30N2. The Hall–Kier alpha value is -1.28. The van der Waals surface area contributed by atoms with Crippen molar-refractivity contribution in [2.75, 3.05) is 0 Å². The van der Waals surface area contributed by atoms with E-state index in [0.717, 1.165) is 19.0 Å². The van der Waals surface area contributed by atoms with Crippen molar-refractivity contribution in [1.82, 2.24) is 9.88 Å². The zero-order valence-electron chi connectivity index (χ0n) is 14.2. The van der Waals surface area contributed by atoms with E-state index in [1.807, 2.05) is 0 Å². The highest BCUT2D eigenvalue weighted by atomic mass is 15.0. The Labute approximate surface area is 129 Å². The van der Waals surface area contributed by atoms with Gasteiger partial charge in [0.15, 0.2) is 0 Å². The number of benzene rings is 1. The van der Waals surface area contributed by atoms with E-state index in [1.54, 1.807) is 0 Å². The van der Waals surface area contributed by atoms with Crippen LogP contribution in [0.3, 0.4) is 0 Å². The van der Waals surface area contributed by atoms with Gasteiger partial charge in [0.2, 0.25) is 0 Å². The standard InChI is InChI=1S/C19H30N2/c1-6-7-15(2)14-21-11-10-17-9-8-16(12-18(17)21)13-20-19(3,4)5/h8-12,15,20H,6-7,13-14H2,1-5H3. The third-order valence-electron chi connectivity index (χ3n) is 3.95. The predicted octanol–water partition coefficient (Wildman–Crippen LogP) is 4.97. The molecule has 0 aliphatic rings. The number of aromatic nitrogens is 1. The van der Waals surface area contributed by atoms with Gasteiger partial charge in [-0.3, -0.25) is 0 Å². The van der Waals surface area contributed by atoms with E-state index in [9.17, 15) is 0 Å². The molecular weight excluding hydrogens is 256 g/mol. The van der Waals surface area contributed by atoms with Crippen molar-refractivity contribution in [3.8, 4) is 0 Å². The summed E-state index contributed by atoms with van der Waals surface area (Å²) in [6.07, 6.45) is 4.80. The number of nitrogens with one attached hydrogen (secondary N) is 1. The molecule has 1 heterocycles. The van der Waals surface area contributed by atoms with E-state index in [-0.39, 0.29) is 5.54 Å². The van der Waals surface area contributed by atoms with Gasteiger partial charge in [0, 0.05) is 30.3 Å². The second-order valence-electron chi connectivity index (χ2n) is 7.36. The van der Waals surface area contributed by atoms with Gasteiger partial charge < -0.3 is 9.88 Å². The molecule has 2 aromatic rings. The van der Waals surface area contributed by atoms with Crippen molar-refractivity contribution >= 4 is 10.9 Å². The summed E-state index contributed by atoms with van der Waals surface area (Å²) < 4.78 is 2.41. The second kappa shape index (κ2) is 6.65. The average Bonchev–Trinajstić information content (AvgIpc) is 2.78. The minimum atomic E-state index is 0.159. The van der Waals surface area contributed by atoms with E-state index >= 15 is 0 Å². The van der Waals surface area contributed by atoms with Gasteiger partial charge in [0.05, 0.1) is 0 Å². The smallest absolute Gasteiger partial charge is 0.0483 e. The summed E-state index contributed by atoms with van der Waals surface area (Å²) in [6.45, 7) is 13.3. The fourth-order valence-corrected chi connectivity index (χ4v) is 2.79. The van der Waals surface area contributed by atoms with Gasteiger partial charge in [-0.2, -0.15) is 0 Å². The highest BCUT2D eigenvalue weighted by Crippen LogP contribution is 2.20. The molecule has 1 unspecified atom stereocenters. The first kappa shape index (κ1) is 16.1. The van der Waals surface area contributed by atoms with Gasteiger partial charge in [0.1, 0.15) is 0 Å². The lowest BCUT2D eigenvalue weighted by molar-refractivity contribution is 0.424. The van der Waals surface area contributed by atoms with E-state index in [2.05, 4.69) is 75.0 Å². The van der Waals surface area contributed by atoms with Crippen molar-refractivity contribution in [2.24, 2.45) is 5.92 Å². The van der Waals surface area contributed by atoms with Crippen LogP contribution in [0.4, 0.5) is 0 Å². The zero-order chi connectivity index (χ0) is 15.5. The quantitative estimate of drug-likeness (QED) is 0.793. The van der Waals surface area contributed by atoms with Crippen LogP contribution in [-0.4, -0.2) is 10.1 Å². The predicted molar refractivity (Wildman–Crippen MR) is 92.6 cm³/mol.